The highest BCUT2D eigenvalue weighted by atomic mass is 19.1. The van der Waals surface area contributed by atoms with Gasteiger partial charge in [-0.3, -0.25) is 0 Å². The van der Waals surface area contributed by atoms with Crippen LogP contribution in [0.15, 0.2) is 73.1 Å². The molecule has 0 atom stereocenters. The van der Waals surface area contributed by atoms with Crippen LogP contribution in [0.4, 0.5) is 4.39 Å². The van der Waals surface area contributed by atoms with Gasteiger partial charge >= 0.3 is 0 Å². The lowest BCUT2D eigenvalue weighted by Gasteiger charge is -2.09. The van der Waals surface area contributed by atoms with Crippen LogP contribution in [0, 0.1) is 5.82 Å². The quantitative estimate of drug-likeness (QED) is 0.611. The Hall–Kier alpha value is -2.98. The molecule has 3 nitrogen and oxygen atoms in total. The summed E-state index contributed by atoms with van der Waals surface area (Å²) < 4.78 is 15.8. The van der Waals surface area contributed by atoms with Gasteiger partial charge in [0.15, 0.2) is 0 Å². The maximum absolute atomic E-state index is 13.9. The van der Waals surface area contributed by atoms with Crippen LogP contribution < -0.4 is 0 Å². The SMILES string of the molecule is OCc1c(F)cccc1-c1ccc2nc(-c3ccccc3)cn2c1. The van der Waals surface area contributed by atoms with Gasteiger partial charge in [0.2, 0.25) is 0 Å². The molecule has 4 aromatic rings. The molecule has 0 saturated heterocycles. The lowest BCUT2D eigenvalue weighted by atomic mass is 10.0. The van der Waals surface area contributed by atoms with Crippen molar-refractivity contribution < 1.29 is 9.50 Å². The van der Waals surface area contributed by atoms with Gasteiger partial charge in [-0.25, -0.2) is 9.37 Å². The molecular weight excluding hydrogens is 303 g/mol. The summed E-state index contributed by atoms with van der Waals surface area (Å²) in [7, 11) is 0. The van der Waals surface area contributed by atoms with E-state index in [1.54, 1.807) is 6.07 Å². The summed E-state index contributed by atoms with van der Waals surface area (Å²) in [4.78, 5) is 4.62. The number of fused-ring (bicyclic) bond motifs is 1. The molecule has 0 aliphatic heterocycles. The number of hydrogen-bond donors (Lipinski definition) is 1. The van der Waals surface area contributed by atoms with E-state index >= 15 is 0 Å². The normalized spacial score (nSPS) is 11.1. The number of nitrogens with zero attached hydrogens (tertiary/aromatic N) is 2. The smallest absolute Gasteiger partial charge is 0.137 e. The summed E-state index contributed by atoms with van der Waals surface area (Å²) in [6.45, 7) is -0.334. The van der Waals surface area contributed by atoms with Crippen molar-refractivity contribution in [2.24, 2.45) is 0 Å². The molecule has 118 valence electrons. The molecule has 2 aromatic carbocycles. The predicted molar refractivity (Wildman–Crippen MR) is 91.9 cm³/mol. The summed E-state index contributed by atoms with van der Waals surface area (Å²) in [6.07, 6.45) is 3.86. The minimum absolute atomic E-state index is 0.306. The summed E-state index contributed by atoms with van der Waals surface area (Å²) in [5.74, 6) is -0.397. The minimum Gasteiger partial charge on any atom is -0.392 e. The van der Waals surface area contributed by atoms with Crippen molar-refractivity contribution in [3.05, 3.63) is 84.4 Å². The largest absolute Gasteiger partial charge is 0.392 e. The Labute approximate surface area is 138 Å². The van der Waals surface area contributed by atoms with Crippen molar-refractivity contribution in [1.82, 2.24) is 9.38 Å². The molecule has 0 aliphatic carbocycles. The lowest BCUT2D eigenvalue weighted by Crippen LogP contribution is -1.95. The van der Waals surface area contributed by atoms with Crippen molar-refractivity contribution in [3.63, 3.8) is 0 Å². The molecule has 2 heterocycles. The van der Waals surface area contributed by atoms with Crippen molar-refractivity contribution in [2.75, 3.05) is 0 Å². The average Bonchev–Trinajstić information content (AvgIpc) is 3.05. The maximum atomic E-state index is 13.9. The third kappa shape index (κ3) is 2.47. The Morgan fingerprint density at radius 3 is 2.50 bits per heavy atom. The molecule has 0 saturated carbocycles. The first-order chi connectivity index (χ1) is 11.8. The second kappa shape index (κ2) is 5.91. The molecule has 0 amide bonds. The Bertz CT molecular complexity index is 1010. The number of aliphatic hydroxyl groups is 1. The van der Waals surface area contributed by atoms with Gasteiger partial charge in [-0.15, -0.1) is 0 Å². The minimum atomic E-state index is -0.397. The second-order valence-electron chi connectivity index (χ2n) is 5.60. The fourth-order valence-corrected chi connectivity index (χ4v) is 2.89. The standard InChI is InChI=1S/C20H15FN2O/c21-18-8-4-7-16(17(18)13-24)15-9-10-20-22-19(12-23(20)11-15)14-5-2-1-3-6-14/h1-12,24H,13H2. The highest BCUT2D eigenvalue weighted by Crippen LogP contribution is 2.27. The van der Waals surface area contributed by atoms with Crippen molar-refractivity contribution in [2.45, 2.75) is 6.61 Å². The molecule has 0 unspecified atom stereocenters. The van der Waals surface area contributed by atoms with Gasteiger partial charge in [-0.05, 0) is 29.3 Å². The number of imidazole rings is 1. The van der Waals surface area contributed by atoms with E-state index in [0.29, 0.717) is 11.1 Å². The lowest BCUT2D eigenvalue weighted by molar-refractivity contribution is 0.276. The molecule has 0 radical (unpaired) electrons. The van der Waals surface area contributed by atoms with E-state index < -0.39 is 5.82 Å². The second-order valence-corrected chi connectivity index (χ2v) is 5.60. The molecule has 4 rings (SSSR count). The summed E-state index contributed by atoms with van der Waals surface area (Å²) in [6, 6.07) is 18.6. The third-order valence-electron chi connectivity index (χ3n) is 4.11. The zero-order valence-electron chi connectivity index (χ0n) is 12.9. The first-order valence-electron chi connectivity index (χ1n) is 7.69. The van der Waals surface area contributed by atoms with Gasteiger partial charge < -0.3 is 9.51 Å². The van der Waals surface area contributed by atoms with Crippen LogP contribution in [-0.4, -0.2) is 14.5 Å². The van der Waals surface area contributed by atoms with E-state index in [9.17, 15) is 9.50 Å². The molecule has 24 heavy (non-hydrogen) atoms. The number of pyridine rings is 1. The molecule has 0 spiro atoms. The van der Waals surface area contributed by atoms with Gasteiger partial charge in [0.25, 0.3) is 0 Å². The van der Waals surface area contributed by atoms with E-state index in [1.807, 2.05) is 65.3 Å². The van der Waals surface area contributed by atoms with Crippen LogP contribution >= 0.6 is 0 Å². The average molecular weight is 318 g/mol. The van der Waals surface area contributed by atoms with Crippen molar-refractivity contribution in [3.8, 4) is 22.4 Å². The Morgan fingerprint density at radius 1 is 0.875 bits per heavy atom. The van der Waals surface area contributed by atoms with Gasteiger partial charge in [0.05, 0.1) is 12.3 Å². The number of benzene rings is 2. The molecule has 0 fully saturated rings. The molecule has 0 aliphatic rings. The third-order valence-corrected chi connectivity index (χ3v) is 4.11. The Balaban J connectivity index is 1.84. The molecule has 2 aromatic heterocycles. The highest BCUT2D eigenvalue weighted by Gasteiger charge is 2.11. The van der Waals surface area contributed by atoms with Gasteiger partial charge in [-0.2, -0.15) is 0 Å². The number of rotatable bonds is 3. The number of aliphatic hydroxyl groups excluding tert-OH is 1. The highest BCUT2D eigenvalue weighted by molar-refractivity contribution is 5.70. The first-order valence-corrected chi connectivity index (χ1v) is 7.69. The zero-order valence-corrected chi connectivity index (χ0v) is 12.9. The Morgan fingerprint density at radius 2 is 1.71 bits per heavy atom. The molecule has 0 bridgehead atoms. The summed E-state index contributed by atoms with van der Waals surface area (Å²) in [5.41, 5.74) is 4.58. The van der Waals surface area contributed by atoms with Crippen LogP contribution in [0.1, 0.15) is 5.56 Å². The topological polar surface area (TPSA) is 37.5 Å². The van der Waals surface area contributed by atoms with Crippen LogP contribution in [0.3, 0.4) is 0 Å². The van der Waals surface area contributed by atoms with Gasteiger partial charge in [0.1, 0.15) is 11.5 Å². The monoisotopic (exact) mass is 318 g/mol. The van der Waals surface area contributed by atoms with Crippen LogP contribution in [0.5, 0.6) is 0 Å². The van der Waals surface area contributed by atoms with Crippen LogP contribution in [-0.2, 0) is 6.61 Å². The van der Waals surface area contributed by atoms with Crippen LogP contribution in [0.25, 0.3) is 28.0 Å². The first kappa shape index (κ1) is 14.6. The van der Waals surface area contributed by atoms with E-state index in [4.69, 9.17) is 0 Å². The Kier molecular flexibility index (Phi) is 3.59. The fourth-order valence-electron chi connectivity index (χ4n) is 2.89. The number of aromatic nitrogens is 2. The maximum Gasteiger partial charge on any atom is 0.137 e. The predicted octanol–water partition coefficient (Wildman–Crippen LogP) is 4.30. The number of halogens is 1. The van der Waals surface area contributed by atoms with Gasteiger partial charge in [-0.1, -0.05) is 42.5 Å². The van der Waals surface area contributed by atoms with Crippen molar-refractivity contribution >= 4 is 5.65 Å². The van der Waals surface area contributed by atoms with E-state index in [1.165, 1.54) is 6.07 Å². The number of hydrogen-bond acceptors (Lipinski definition) is 2. The molecular formula is C20H15FN2O. The summed E-state index contributed by atoms with van der Waals surface area (Å²) >= 11 is 0. The van der Waals surface area contributed by atoms with Gasteiger partial charge in [0, 0.05) is 23.5 Å². The van der Waals surface area contributed by atoms with Crippen molar-refractivity contribution in [1.29, 1.82) is 0 Å². The van der Waals surface area contributed by atoms with E-state index in [2.05, 4.69) is 4.98 Å². The van der Waals surface area contributed by atoms with E-state index in [0.717, 1.165) is 22.5 Å². The summed E-state index contributed by atoms with van der Waals surface area (Å²) in [5, 5.41) is 9.47. The van der Waals surface area contributed by atoms with E-state index in [-0.39, 0.29) is 6.61 Å². The molecule has 1 N–H and O–H groups in total. The molecule has 4 heteroatoms. The zero-order chi connectivity index (χ0) is 16.5. The van der Waals surface area contributed by atoms with Crippen LogP contribution in [0.2, 0.25) is 0 Å². The fraction of sp³-hybridized carbons (Fsp3) is 0.0500.